The first-order valence-electron chi connectivity index (χ1n) is 6.06. The fourth-order valence-electron chi connectivity index (χ4n) is 1.63. The topological polar surface area (TPSA) is 29.9 Å². The van der Waals surface area contributed by atoms with Gasteiger partial charge >= 0.3 is 0 Å². The lowest BCUT2D eigenvalue weighted by atomic mass is 10.3. The fraction of sp³-hybridized carbons (Fsp3) is 0.462. The quantitative estimate of drug-likeness (QED) is 0.852. The van der Waals surface area contributed by atoms with Crippen LogP contribution >= 0.6 is 11.3 Å². The summed E-state index contributed by atoms with van der Waals surface area (Å²) in [5.41, 5.74) is 1.11. The zero-order chi connectivity index (χ0) is 12.1. The van der Waals surface area contributed by atoms with E-state index in [4.69, 9.17) is 0 Å². The molecule has 2 aromatic heterocycles. The Morgan fingerprint density at radius 3 is 3.00 bits per heavy atom. The van der Waals surface area contributed by atoms with Crippen molar-refractivity contribution in [1.29, 1.82) is 0 Å². The molecule has 0 amide bonds. The molecule has 0 bridgehead atoms. The van der Waals surface area contributed by atoms with Crippen LogP contribution in [0.3, 0.4) is 0 Å². The van der Waals surface area contributed by atoms with Gasteiger partial charge in [-0.25, -0.2) is 0 Å². The molecule has 1 N–H and O–H groups in total. The highest BCUT2D eigenvalue weighted by Gasteiger charge is 2.04. The highest BCUT2D eigenvalue weighted by Crippen LogP contribution is 2.10. The van der Waals surface area contributed by atoms with E-state index in [-0.39, 0.29) is 0 Å². The average Bonchev–Trinajstić information content (AvgIpc) is 2.99. The molecular formula is C13H19N3S. The van der Waals surface area contributed by atoms with Gasteiger partial charge in [0.25, 0.3) is 0 Å². The fourth-order valence-corrected chi connectivity index (χ4v) is 2.31. The minimum Gasteiger partial charge on any atom is -0.306 e. The van der Waals surface area contributed by atoms with Crippen molar-refractivity contribution >= 4 is 11.3 Å². The average molecular weight is 249 g/mol. The third kappa shape index (κ3) is 3.41. The molecule has 0 saturated carbocycles. The van der Waals surface area contributed by atoms with E-state index in [2.05, 4.69) is 54.0 Å². The molecular weight excluding hydrogens is 230 g/mol. The standard InChI is InChI=1S/C13H19N3S/c1-3-11(2)16-7-6-12(15-16)9-14-10-13-5-4-8-17-13/h4-8,11,14H,3,9-10H2,1-2H3. The molecule has 1 atom stereocenters. The summed E-state index contributed by atoms with van der Waals surface area (Å²) < 4.78 is 2.04. The molecule has 17 heavy (non-hydrogen) atoms. The molecule has 0 radical (unpaired) electrons. The maximum Gasteiger partial charge on any atom is 0.0762 e. The molecule has 0 spiro atoms. The van der Waals surface area contributed by atoms with E-state index in [1.165, 1.54) is 4.88 Å². The molecule has 2 aromatic rings. The highest BCUT2D eigenvalue weighted by atomic mass is 32.1. The van der Waals surface area contributed by atoms with Gasteiger partial charge in [-0.1, -0.05) is 13.0 Å². The molecule has 0 aliphatic rings. The van der Waals surface area contributed by atoms with E-state index in [1.807, 2.05) is 4.68 Å². The Morgan fingerprint density at radius 1 is 1.41 bits per heavy atom. The largest absolute Gasteiger partial charge is 0.306 e. The molecule has 4 heteroatoms. The zero-order valence-electron chi connectivity index (χ0n) is 10.4. The Hall–Kier alpha value is -1.13. The van der Waals surface area contributed by atoms with Crippen molar-refractivity contribution in [2.75, 3.05) is 0 Å². The lowest BCUT2D eigenvalue weighted by Crippen LogP contribution is -2.13. The van der Waals surface area contributed by atoms with Crippen LogP contribution in [0.15, 0.2) is 29.8 Å². The van der Waals surface area contributed by atoms with Crippen molar-refractivity contribution in [2.45, 2.75) is 39.4 Å². The molecule has 0 aliphatic carbocycles. The van der Waals surface area contributed by atoms with Gasteiger partial charge in [0.1, 0.15) is 0 Å². The molecule has 3 nitrogen and oxygen atoms in total. The monoisotopic (exact) mass is 249 g/mol. The van der Waals surface area contributed by atoms with E-state index in [1.54, 1.807) is 11.3 Å². The Balaban J connectivity index is 1.81. The second-order valence-corrected chi connectivity index (χ2v) is 5.26. The summed E-state index contributed by atoms with van der Waals surface area (Å²) in [6.07, 6.45) is 3.18. The van der Waals surface area contributed by atoms with E-state index >= 15 is 0 Å². The normalized spacial score (nSPS) is 12.8. The van der Waals surface area contributed by atoms with Crippen molar-refractivity contribution in [1.82, 2.24) is 15.1 Å². The summed E-state index contributed by atoms with van der Waals surface area (Å²) in [5.74, 6) is 0. The summed E-state index contributed by atoms with van der Waals surface area (Å²) >= 11 is 1.78. The molecule has 2 heterocycles. The molecule has 1 unspecified atom stereocenters. The Bertz CT molecular complexity index is 433. The third-order valence-corrected chi connectivity index (χ3v) is 3.77. The number of rotatable bonds is 6. The van der Waals surface area contributed by atoms with Crippen LogP contribution < -0.4 is 5.32 Å². The predicted molar refractivity (Wildman–Crippen MR) is 72.1 cm³/mol. The van der Waals surface area contributed by atoms with Crippen LogP contribution in [-0.2, 0) is 13.1 Å². The molecule has 92 valence electrons. The molecule has 0 saturated heterocycles. The lowest BCUT2D eigenvalue weighted by molar-refractivity contribution is 0.471. The smallest absolute Gasteiger partial charge is 0.0762 e. The van der Waals surface area contributed by atoms with Crippen molar-refractivity contribution in [3.05, 3.63) is 40.3 Å². The minimum absolute atomic E-state index is 0.487. The number of aromatic nitrogens is 2. The van der Waals surface area contributed by atoms with Crippen LogP contribution in [0, 0.1) is 0 Å². The maximum absolute atomic E-state index is 4.56. The number of nitrogens with zero attached hydrogens (tertiary/aromatic N) is 2. The van der Waals surface area contributed by atoms with Crippen LogP contribution in [0.2, 0.25) is 0 Å². The van der Waals surface area contributed by atoms with Gasteiger partial charge in [0.15, 0.2) is 0 Å². The van der Waals surface area contributed by atoms with Crippen LogP contribution in [0.5, 0.6) is 0 Å². The SMILES string of the molecule is CCC(C)n1ccc(CNCc2cccs2)n1. The summed E-state index contributed by atoms with van der Waals surface area (Å²) in [7, 11) is 0. The first-order valence-corrected chi connectivity index (χ1v) is 6.94. The summed E-state index contributed by atoms with van der Waals surface area (Å²) in [5, 5.41) is 10.1. The van der Waals surface area contributed by atoms with Gasteiger partial charge in [-0.15, -0.1) is 11.3 Å². The van der Waals surface area contributed by atoms with Gasteiger partial charge in [-0.05, 0) is 30.9 Å². The molecule has 0 fully saturated rings. The van der Waals surface area contributed by atoms with E-state index in [0.717, 1.165) is 25.2 Å². The number of hydrogen-bond acceptors (Lipinski definition) is 3. The van der Waals surface area contributed by atoms with Crippen LogP contribution in [-0.4, -0.2) is 9.78 Å². The van der Waals surface area contributed by atoms with Crippen molar-refractivity contribution in [2.24, 2.45) is 0 Å². The second-order valence-electron chi connectivity index (χ2n) is 4.23. The van der Waals surface area contributed by atoms with Crippen molar-refractivity contribution in [3.63, 3.8) is 0 Å². The van der Waals surface area contributed by atoms with Gasteiger partial charge in [0.2, 0.25) is 0 Å². The number of thiophene rings is 1. The number of nitrogens with one attached hydrogen (secondary N) is 1. The highest BCUT2D eigenvalue weighted by molar-refractivity contribution is 7.09. The van der Waals surface area contributed by atoms with Gasteiger partial charge in [-0.3, -0.25) is 4.68 Å². The summed E-state index contributed by atoms with van der Waals surface area (Å²) in [6.45, 7) is 6.13. The van der Waals surface area contributed by atoms with Crippen LogP contribution in [0.1, 0.15) is 36.9 Å². The van der Waals surface area contributed by atoms with Crippen LogP contribution in [0.4, 0.5) is 0 Å². The van der Waals surface area contributed by atoms with Crippen molar-refractivity contribution < 1.29 is 0 Å². The second kappa shape index (κ2) is 5.98. The zero-order valence-corrected chi connectivity index (χ0v) is 11.2. The van der Waals surface area contributed by atoms with Gasteiger partial charge in [-0.2, -0.15) is 5.10 Å². The van der Waals surface area contributed by atoms with Gasteiger partial charge < -0.3 is 5.32 Å². The molecule has 0 aromatic carbocycles. The predicted octanol–water partition coefficient (Wildman–Crippen LogP) is 3.21. The van der Waals surface area contributed by atoms with E-state index < -0.39 is 0 Å². The first kappa shape index (κ1) is 12.3. The lowest BCUT2D eigenvalue weighted by Gasteiger charge is -2.08. The Morgan fingerprint density at radius 2 is 2.29 bits per heavy atom. The van der Waals surface area contributed by atoms with E-state index in [0.29, 0.717) is 6.04 Å². The van der Waals surface area contributed by atoms with Gasteiger partial charge in [0.05, 0.1) is 5.69 Å². The molecule has 2 rings (SSSR count). The van der Waals surface area contributed by atoms with E-state index in [9.17, 15) is 0 Å². The van der Waals surface area contributed by atoms with Crippen molar-refractivity contribution in [3.8, 4) is 0 Å². The van der Waals surface area contributed by atoms with Crippen LogP contribution in [0.25, 0.3) is 0 Å². The Kier molecular flexibility index (Phi) is 4.34. The maximum atomic E-state index is 4.56. The third-order valence-electron chi connectivity index (χ3n) is 2.89. The summed E-state index contributed by atoms with van der Waals surface area (Å²) in [4.78, 5) is 1.37. The summed E-state index contributed by atoms with van der Waals surface area (Å²) in [6, 6.07) is 6.81. The molecule has 0 aliphatic heterocycles. The first-order chi connectivity index (χ1) is 8.29. The Labute approximate surface area is 106 Å². The minimum atomic E-state index is 0.487. The van der Waals surface area contributed by atoms with Gasteiger partial charge in [0, 0.05) is 30.2 Å². The number of hydrogen-bond donors (Lipinski definition) is 1.